The maximum Gasteiger partial charge on any atom is 0.345 e. The van der Waals surface area contributed by atoms with Crippen molar-refractivity contribution in [2.75, 3.05) is 0 Å². The van der Waals surface area contributed by atoms with Crippen LogP contribution in [-0.4, -0.2) is 11.1 Å². The molecular formula is C6H6N2O2. The first kappa shape index (κ1) is 11.0. The maximum atomic E-state index is 9.61. The van der Waals surface area contributed by atoms with E-state index in [2.05, 4.69) is 6.58 Å². The number of hydrogen-bond acceptors (Lipinski definition) is 3. The van der Waals surface area contributed by atoms with Crippen LogP contribution in [0.1, 0.15) is 6.92 Å². The van der Waals surface area contributed by atoms with Crippen molar-refractivity contribution in [2.24, 2.45) is 0 Å². The van der Waals surface area contributed by atoms with Crippen molar-refractivity contribution >= 4 is 5.97 Å². The molecule has 0 heterocycles. The van der Waals surface area contributed by atoms with E-state index in [0.29, 0.717) is 0 Å². The molecule has 0 spiro atoms. The standard InChI is InChI=1S/C4H3NO2.C2H3N/c1-3(2-5)4(6)7;1-2-3/h1H2,(H,6,7);1H3. The van der Waals surface area contributed by atoms with E-state index in [0.717, 1.165) is 0 Å². The molecule has 0 atom stereocenters. The molecule has 0 fully saturated rings. The highest BCUT2D eigenvalue weighted by Gasteiger charge is 1.97. The predicted molar refractivity (Wildman–Crippen MR) is 33.7 cm³/mol. The summed E-state index contributed by atoms with van der Waals surface area (Å²) in [6.07, 6.45) is 0. The van der Waals surface area contributed by atoms with Gasteiger partial charge in [0.15, 0.2) is 0 Å². The van der Waals surface area contributed by atoms with E-state index in [1.165, 1.54) is 13.0 Å². The second kappa shape index (κ2) is 7.19. The number of carbonyl (C=O) groups is 1. The van der Waals surface area contributed by atoms with Gasteiger partial charge in [0, 0.05) is 6.92 Å². The molecule has 0 bridgehead atoms. The van der Waals surface area contributed by atoms with Gasteiger partial charge in [-0.15, -0.1) is 0 Å². The van der Waals surface area contributed by atoms with Crippen LogP contribution >= 0.6 is 0 Å². The molecule has 4 nitrogen and oxygen atoms in total. The summed E-state index contributed by atoms with van der Waals surface area (Å²) in [5, 5.41) is 23.0. The summed E-state index contributed by atoms with van der Waals surface area (Å²) in [7, 11) is 0. The van der Waals surface area contributed by atoms with Crippen LogP contribution in [0.2, 0.25) is 0 Å². The summed E-state index contributed by atoms with van der Waals surface area (Å²) in [5.41, 5.74) is -0.431. The van der Waals surface area contributed by atoms with Crippen molar-refractivity contribution in [3.05, 3.63) is 12.2 Å². The minimum absolute atomic E-state index is 0.431. The van der Waals surface area contributed by atoms with Gasteiger partial charge in [0.25, 0.3) is 0 Å². The zero-order chi connectivity index (χ0) is 8.57. The fourth-order valence-corrected chi connectivity index (χ4v) is 0.0478. The smallest absolute Gasteiger partial charge is 0.345 e. The molecule has 0 saturated heterocycles. The number of carboxylic acids is 1. The Labute approximate surface area is 58.6 Å². The molecule has 0 aliphatic rings. The van der Waals surface area contributed by atoms with Crippen molar-refractivity contribution in [1.82, 2.24) is 0 Å². The van der Waals surface area contributed by atoms with Gasteiger partial charge in [-0.1, -0.05) is 6.58 Å². The topological polar surface area (TPSA) is 84.9 Å². The average molecular weight is 138 g/mol. The summed E-state index contributed by atoms with van der Waals surface area (Å²) in [4.78, 5) is 9.61. The first-order valence-corrected chi connectivity index (χ1v) is 2.23. The second-order valence-corrected chi connectivity index (χ2v) is 1.12. The van der Waals surface area contributed by atoms with Crippen molar-refractivity contribution in [3.8, 4) is 12.1 Å². The first-order chi connectivity index (χ1) is 4.59. The summed E-state index contributed by atoms with van der Waals surface area (Å²) < 4.78 is 0. The predicted octanol–water partition coefficient (Wildman–Crippen LogP) is 0.681. The molecule has 0 radical (unpaired) electrons. The van der Waals surface area contributed by atoms with Crippen LogP contribution in [0, 0.1) is 22.7 Å². The summed E-state index contributed by atoms with van der Waals surface area (Å²) in [6.45, 7) is 4.34. The normalized spacial score (nSPS) is 5.50. The molecule has 0 aliphatic carbocycles. The monoisotopic (exact) mass is 138 g/mol. The Kier molecular flexibility index (Phi) is 7.94. The molecule has 10 heavy (non-hydrogen) atoms. The Morgan fingerprint density at radius 2 is 1.90 bits per heavy atom. The number of rotatable bonds is 1. The molecule has 0 aromatic rings. The van der Waals surface area contributed by atoms with Gasteiger partial charge in [-0.3, -0.25) is 0 Å². The van der Waals surface area contributed by atoms with E-state index < -0.39 is 11.5 Å². The minimum atomic E-state index is -1.26. The van der Waals surface area contributed by atoms with Gasteiger partial charge in [0.2, 0.25) is 0 Å². The largest absolute Gasteiger partial charge is 0.477 e. The van der Waals surface area contributed by atoms with E-state index >= 15 is 0 Å². The minimum Gasteiger partial charge on any atom is -0.477 e. The SMILES string of the molecule is C=C(C#N)C(=O)O.CC#N. The van der Waals surface area contributed by atoms with Gasteiger partial charge < -0.3 is 5.11 Å². The number of hydrogen-bond donors (Lipinski definition) is 1. The zero-order valence-electron chi connectivity index (χ0n) is 5.46. The molecule has 0 rings (SSSR count). The van der Waals surface area contributed by atoms with Gasteiger partial charge in [-0.25, -0.2) is 4.79 Å². The molecule has 4 heteroatoms. The van der Waals surface area contributed by atoms with E-state index in [-0.39, 0.29) is 0 Å². The first-order valence-electron chi connectivity index (χ1n) is 2.23. The van der Waals surface area contributed by atoms with Gasteiger partial charge >= 0.3 is 5.97 Å². The molecule has 0 aliphatic heterocycles. The summed E-state index contributed by atoms with van der Waals surface area (Å²) >= 11 is 0. The van der Waals surface area contributed by atoms with E-state index in [1.807, 2.05) is 0 Å². The van der Waals surface area contributed by atoms with Crippen LogP contribution in [-0.2, 0) is 4.79 Å². The van der Waals surface area contributed by atoms with Crippen LogP contribution in [0.5, 0.6) is 0 Å². The summed E-state index contributed by atoms with van der Waals surface area (Å²) in [5.74, 6) is -1.26. The van der Waals surface area contributed by atoms with Crippen LogP contribution in [0.15, 0.2) is 12.2 Å². The second-order valence-electron chi connectivity index (χ2n) is 1.12. The van der Waals surface area contributed by atoms with Gasteiger partial charge in [-0.2, -0.15) is 10.5 Å². The lowest BCUT2D eigenvalue weighted by Crippen LogP contribution is -1.94. The zero-order valence-corrected chi connectivity index (χ0v) is 5.46. The third-order valence-electron chi connectivity index (χ3n) is 0.393. The van der Waals surface area contributed by atoms with Crippen molar-refractivity contribution < 1.29 is 9.90 Å². The summed E-state index contributed by atoms with van der Waals surface area (Å²) in [6, 6.07) is 3.12. The molecular weight excluding hydrogens is 132 g/mol. The van der Waals surface area contributed by atoms with E-state index in [4.69, 9.17) is 15.6 Å². The molecule has 0 aromatic heterocycles. The number of nitrogens with zero attached hydrogens (tertiary/aromatic N) is 2. The van der Waals surface area contributed by atoms with Crippen LogP contribution in [0.3, 0.4) is 0 Å². The third kappa shape index (κ3) is 9.50. The van der Waals surface area contributed by atoms with Gasteiger partial charge in [0.1, 0.15) is 11.6 Å². The van der Waals surface area contributed by atoms with Crippen molar-refractivity contribution in [1.29, 1.82) is 10.5 Å². The molecule has 0 amide bonds. The Bertz CT molecular complexity index is 207. The maximum absolute atomic E-state index is 9.61. The van der Waals surface area contributed by atoms with Crippen LogP contribution in [0.4, 0.5) is 0 Å². The molecule has 0 unspecified atom stereocenters. The van der Waals surface area contributed by atoms with Gasteiger partial charge in [-0.05, 0) is 0 Å². The lowest BCUT2D eigenvalue weighted by molar-refractivity contribution is -0.132. The Morgan fingerprint density at radius 1 is 1.60 bits per heavy atom. The molecule has 0 aromatic carbocycles. The average Bonchev–Trinajstić information content (AvgIpc) is 1.88. The quantitative estimate of drug-likeness (QED) is 0.426. The Balaban J connectivity index is 0. The van der Waals surface area contributed by atoms with Crippen LogP contribution in [0.25, 0.3) is 0 Å². The van der Waals surface area contributed by atoms with Crippen molar-refractivity contribution in [3.63, 3.8) is 0 Å². The highest BCUT2D eigenvalue weighted by Crippen LogP contribution is 1.81. The number of aliphatic carboxylic acids is 1. The number of nitriles is 2. The lowest BCUT2D eigenvalue weighted by Gasteiger charge is -1.76. The highest BCUT2D eigenvalue weighted by molar-refractivity contribution is 5.90. The third-order valence-corrected chi connectivity index (χ3v) is 0.393. The Morgan fingerprint density at radius 3 is 1.90 bits per heavy atom. The highest BCUT2D eigenvalue weighted by atomic mass is 16.4. The van der Waals surface area contributed by atoms with Crippen molar-refractivity contribution in [2.45, 2.75) is 6.92 Å². The molecule has 1 N–H and O–H groups in total. The number of carboxylic acid groups (broad SMARTS) is 1. The fourth-order valence-electron chi connectivity index (χ4n) is 0.0478. The lowest BCUT2D eigenvalue weighted by atomic mass is 10.4. The molecule has 0 saturated carbocycles. The van der Waals surface area contributed by atoms with E-state index in [1.54, 1.807) is 6.07 Å². The van der Waals surface area contributed by atoms with E-state index in [9.17, 15) is 4.79 Å². The van der Waals surface area contributed by atoms with Crippen LogP contribution < -0.4 is 0 Å². The fraction of sp³-hybridized carbons (Fsp3) is 0.167. The Hall–Kier alpha value is -1.81. The molecule has 52 valence electrons. The van der Waals surface area contributed by atoms with Gasteiger partial charge in [0.05, 0.1) is 6.07 Å².